The second kappa shape index (κ2) is 6.34. The molecule has 9 nitrogen and oxygen atoms in total. The van der Waals surface area contributed by atoms with Crippen LogP contribution in [-0.4, -0.2) is 39.4 Å². The lowest BCUT2D eigenvalue weighted by Gasteiger charge is -2.21. The number of nitrogens with zero attached hydrogens (tertiary/aromatic N) is 3. The molecule has 0 radical (unpaired) electrons. The molecule has 0 fully saturated rings. The first-order chi connectivity index (χ1) is 11.1. The van der Waals surface area contributed by atoms with E-state index in [2.05, 4.69) is 26.0 Å². The van der Waals surface area contributed by atoms with Gasteiger partial charge in [0.2, 0.25) is 0 Å². The van der Waals surface area contributed by atoms with Gasteiger partial charge in [-0.05, 0) is 19.1 Å². The topological polar surface area (TPSA) is 110 Å². The van der Waals surface area contributed by atoms with E-state index in [0.29, 0.717) is 23.7 Å². The van der Waals surface area contributed by atoms with Crippen molar-refractivity contribution < 1.29 is 14.3 Å². The Labute approximate surface area is 132 Å². The Balaban J connectivity index is 1.62. The molecule has 2 heterocycles. The lowest BCUT2D eigenvalue weighted by Crippen LogP contribution is -2.39. The average Bonchev–Trinajstić information content (AvgIpc) is 2.99. The fourth-order valence-corrected chi connectivity index (χ4v) is 2.25. The lowest BCUT2D eigenvalue weighted by atomic mass is 10.2. The van der Waals surface area contributed by atoms with Gasteiger partial charge in [-0.25, -0.2) is 9.78 Å². The fourth-order valence-electron chi connectivity index (χ4n) is 2.25. The van der Waals surface area contributed by atoms with E-state index >= 15 is 0 Å². The molecular weight excluding hydrogens is 300 g/mol. The largest absolute Gasteiger partial charge is 0.479 e. The van der Waals surface area contributed by atoms with Gasteiger partial charge in [0, 0.05) is 6.04 Å². The normalized spacial score (nSPS) is 14.2. The molecule has 3 N–H and O–H groups in total. The summed E-state index contributed by atoms with van der Waals surface area (Å²) < 4.78 is 7.01. The molecule has 1 unspecified atom stereocenters. The summed E-state index contributed by atoms with van der Waals surface area (Å²) in [6.45, 7) is 2.29. The van der Waals surface area contributed by atoms with Crippen LogP contribution in [0.1, 0.15) is 6.92 Å². The van der Waals surface area contributed by atoms with E-state index < -0.39 is 0 Å². The second-order valence-electron chi connectivity index (χ2n) is 5.14. The molecule has 23 heavy (non-hydrogen) atoms. The van der Waals surface area contributed by atoms with Gasteiger partial charge in [0.25, 0.3) is 5.91 Å². The van der Waals surface area contributed by atoms with Crippen molar-refractivity contribution in [3.63, 3.8) is 0 Å². The van der Waals surface area contributed by atoms with Crippen LogP contribution in [0.2, 0.25) is 0 Å². The average molecular weight is 316 g/mol. The first-order valence-corrected chi connectivity index (χ1v) is 7.07. The number of amides is 3. The van der Waals surface area contributed by atoms with Crippen molar-refractivity contribution in [2.45, 2.75) is 19.5 Å². The predicted octanol–water partition coefficient (Wildman–Crippen LogP) is 0.819. The van der Waals surface area contributed by atoms with Gasteiger partial charge in [0.15, 0.2) is 12.4 Å². The van der Waals surface area contributed by atoms with Gasteiger partial charge in [0.05, 0.1) is 17.9 Å². The maximum absolute atomic E-state index is 12.1. The van der Waals surface area contributed by atoms with Gasteiger partial charge < -0.3 is 20.7 Å². The third kappa shape index (κ3) is 3.57. The SMILES string of the molecule is CC(Cn1cncn1)NC(=O)Nc1cccc2c1OCC(=O)N2. The van der Waals surface area contributed by atoms with Crippen molar-refractivity contribution in [3.05, 3.63) is 30.9 Å². The van der Waals surface area contributed by atoms with Crippen molar-refractivity contribution in [1.82, 2.24) is 20.1 Å². The van der Waals surface area contributed by atoms with Crippen LogP contribution in [0.25, 0.3) is 0 Å². The lowest BCUT2D eigenvalue weighted by molar-refractivity contribution is -0.118. The Morgan fingerprint density at radius 3 is 3.17 bits per heavy atom. The van der Waals surface area contributed by atoms with Crippen LogP contribution in [0.3, 0.4) is 0 Å². The Kier molecular flexibility index (Phi) is 4.09. The Bertz CT molecular complexity index is 715. The minimum atomic E-state index is -0.369. The number of rotatable bonds is 4. The van der Waals surface area contributed by atoms with Gasteiger partial charge in [-0.15, -0.1) is 0 Å². The number of carbonyl (C=O) groups is 2. The third-order valence-electron chi connectivity index (χ3n) is 3.19. The van der Waals surface area contributed by atoms with Gasteiger partial charge in [-0.2, -0.15) is 5.10 Å². The molecule has 1 aromatic carbocycles. The highest BCUT2D eigenvalue weighted by Gasteiger charge is 2.20. The molecule has 1 aromatic heterocycles. The molecule has 1 aliphatic heterocycles. The highest BCUT2D eigenvalue weighted by atomic mass is 16.5. The number of fused-ring (bicyclic) bond motifs is 1. The summed E-state index contributed by atoms with van der Waals surface area (Å²) in [5.74, 6) is 0.228. The van der Waals surface area contributed by atoms with Crippen LogP contribution < -0.4 is 20.7 Å². The maximum atomic E-state index is 12.1. The number of para-hydroxylation sites is 1. The fraction of sp³-hybridized carbons (Fsp3) is 0.286. The molecule has 1 aliphatic rings. The van der Waals surface area contributed by atoms with E-state index in [0.717, 1.165) is 0 Å². The zero-order valence-electron chi connectivity index (χ0n) is 12.4. The molecule has 2 aromatic rings. The molecule has 120 valence electrons. The number of urea groups is 1. The number of benzene rings is 1. The Hall–Kier alpha value is -3.10. The number of hydrogen-bond acceptors (Lipinski definition) is 5. The van der Waals surface area contributed by atoms with Crippen molar-refractivity contribution >= 4 is 23.3 Å². The number of nitrogens with one attached hydrogen (secondary N) is 3. The number of aromatic nitrogens is 3. The standard InChI is InChI=1S/C14H16N6O3/c1-9(5-20-8-15-7-16-20)17-14(22)19-11-4-2-3-10-13(11)23-6-12(21)18-10/h2-4,7-9H,5-6H2,1H3,(H,18,21)(H2,17,19,22). The first-order valence-electron chi connectivity index (χ1n) is 7.07. The van der Waals surface area contributed by atoms with Crippen molar-refractivity contribution in [2.75, 3.05) is 17.2 Å². The number of ether oxygens (including phenoxy) is 1. The van der Waals surface area contributed by atoms with E-state index in [4.69, 9.17) is 4.74 Å². The Morgan fingerprint density at radius 1 is 1.52 bits per heavy atom. The predicted molar refractivity (Wildman–Crippen MR) is 82.2 cm³/mol. The minimum absolute atomic E-state index is 0.0734. The number of hydrogen-bond donors (Lipinski definition) is 3. The zero-order chi connectivity index (χ0) is 16.2. The third-order valence-corrected chi connectivity index (χ3v) is 3.19. The smallest absolute Gasteiger partial charge is 0.319 e. The highest BCUT2D eigenvalue weighted by Crippen LogP contribution is 2.35. The number of carbonyl (C=O) groups excluding carboxylic acids is 2. The van der Waals surface area contributed by atoms with Gasteiger partial charge in [-0.3, -0.25) is 9.48 Å². The minimum Gasteiger partial charge on any atom is -0.479 e. The first kappa shape index (κ1) is 14.8. The molecule has 0 spiro atoms. The quantitative estimate of drug-likeness (QED) is 0.773. The van der Waals surface area contributed by atoms with Crippen LogP contribution in [0.15, 0.2) is 30.9 Å². The molecule has 3 amide bonds. The van der Waals surface area contributed by atoms with Crippen molar-refractivity contribution in [1.29, 1.82) is 0 Å². The maximum Gasteiger partial charge on any atom is 0.319 e. The van der Waals surface area contributed by atoms with Crippen LogP contribution in [-0.2, 0) is 11.3 Å². The molecule has 9 heteroatoms. The molecule has 0 saturated carbocycles. The summed E-state index contributed by atoms with van der Waals surface area (Å²) in [7, 11) is 0. The van der Waals surface area contributed by atoms with E-state index in [1.807, 2.05) is 6.92 Å². The highest BCUT2D eigenvalue weighted by molar-refractivity contribution is 5.99. The van der Waals surface area contributed by atoms with Gasteiger partial charge in [0.1, 0.15) is 12.7 Å². The molecule has 0 aliphatic carbocycles. The summed E-state index contributed by atoms with van der Waals surface area (Å²) in [4.78, 5) is 27.2. The molecule has 0 bridgehead atoms. The van der Waals surface area contributed by atoms with E-state index in [1.165, 1.54) is 6.33 Å². The Morgan fingerprint density at radius 2 is 2.39 bits per heavy atom. The van der Waals surface area contributed by atoms with E-state index in [1.54, 1.807) is 29.2 Å². The number of anilines is 2. The molecule has 1 atom stereocenters. The monoisotopic (exact) mass is 316 g/mol. The van der Waals surface area contributed by atoms with Gasteiger partial charge in [-0.1, -0.05) is 6.07 Å². The molecule has 0 saturated heterocycles. The van der Waals surface area contributed by atoms with Crippen LogP contribution in [0, 0.1) is 0 Å². The van der Waals surface area contributed by atoms with Crippen LogP contribution in [0.4, 0.5) is 16.2 Å². The summed E-state index contributed by atoms with van der Waals surface area (Å²) in [5, 5.41) is 12.2. The molecule has 3 rings (SSSR count). The summed E-state index contributed by atoms with van der Waals surface area (Å²) in [6.07, 6.45) is 3.02. The van der Waals surface area contributed by atoms with Crippen LogP contribution in [0.5, 0.6) is 5.75 Å². The van der Waals surface area contributed by atoms with Gasteiger partial charge >= 0.3 is 6.03 Å². The van der Waals surface area contributed by atoms with Crippen LogP contribution >= 0.6 is 0 Å². The zero-order valence-corrected chi connectivity index (χ0v) is 12.4. The van der Waals surface area contributed by atoms with E-state index in [9.17, 15) is 9.59 Å². The summed E-state index contributed by atoms with van der Waals surface area (Å²) in [5.41, 5.74) is 1.03. The summed E-state index contributed by atoms with van der Waals surface area (Å²) >= 11 is 0. The van der Waals surface area contributed by atoms with Crippen molar-refractivity contribution in [3.8, 4) is 5.75 Å². The molecular formula is C14H16N6O3. The van der Waals surface area contributed by atoms with E-state index in [-0.39, 0.29) is 24.6 Å². The van der Waals surface area contributed by atoms with Crippen molar-refractivity contribution in [2.24, 2.45) is 0 Å². The summed E-state index contributed by atoms with van der Waals surface area (Å²) in [6, 6.07) is 4.63. The second-order valence-corrected chi connectivity index (χ2v) is 5.14.